The standard InChI is InChI=1S/C13H18N2/c1-9-6-10(2)13-12(7-9)8-11(3)15(13)5-4-14/h6-8H,4-5,14H2,1-3H3. The fourth-order valence-corrected chi connectivity index (χ4v) is 2.37. The van der Waals surface area contributed by atoms with Crippen LogP contribution in [0.5, 0.6) is 0 Å². The van der Waals surface area contributed by atoms with E-state index in [4.69, 9.17) is 5.73 Å². The summed E-state index contributed by atoms with van der Waals surface area (Å²) in [5, 5.41) is 1.33. The topological polar surface area (TPSA) is 30.9 Å². The molecule has 0 aliphatic carbocycles. The number of nitrogens with zero attached hydrogens (tertiary/aromatic N) is 1. The quantitative estimate of drug-likeness (QED) is 0.797. The van der Waals surface area contributed by atoms with Gasteiger partial charge in [-0.25, -0.2) is 0 Å². The number of aromatic nitrogens is 1. The molecule has 2 rings (SSSR count). The Morgan fingerprint density at radius 3 is 2.53 bits per heavy atom. The van der Waals surface area contributed by atoms with Crippen molar-refractivity contribution < 1.29 is 0 Å². The molecule has 2 nitrogen and oxygen atoms in total. The summed E-state index contributed by atoms with van der Waals surface area (Å²) in [5.74, 6) is 0. The summed E-state index contributed by atoms with van der Waals surface area (Å²) in [5.41, 5.74) is 10.9. The summed E-state index contributed by atoms with van der Waals surface area (Å²) in [6.45, 7) is 8.05. The normalized spacial score (nSPS) is 11.2. The molecule has 0 spiro atoms. The van der Waals surface area contributed by atoms with E-state index in [0.717, 1.165) is 6.54 Å². The molecule has 0 saturated heterocycles. The fourth-order valence-electron chi connectivity index (χ4n) is 2.37. The zero-order chi connectivity index (χ0) is 11.0. The van der Waals surface area contributed by atoms with Crippen LogP contribution < -0.4 is 5.73 Å². The molecule has 0 amide bonds. The third kappa shape index (κ3) is 1.65. The number of aryl methyl sites for hydroxylation is 3. The van der Waals surface area contributed by atoms with Crippen LogP contribution in [0.15, 0.2) is 18.2 Å². The summed E-state index contributed by atoms with van der Waals surface area (Å²) >= 11 is 0. The summed E-state index contributed by atoms with van der Waals surface area (Å²) in [4.78, 5) is 0. The summed E-state index contributed by atoms with van der Waals surface area (Å²) in [6.07, 6.45) is 0. The first-order valence-corrected chi connectivity index (χ1v) is 5.40. The van der Waals surface area contributed by atoms with E-state index >= 15 is 0 Å². The van der Waals surface area contributed by atoms with E-state index in [2.05, 4.69) is 43.5 Å². The van der Waals surface area contributed by atoms with Crippen molar-refractivity contribution in [1.29, 1.82) is 0 Å². The number of hydrogen-bond donors (Lipinski definition) is 1. The third-order valence-electron chi connectivity index (χ3n) is 2.89. The van der Waals surface area contributed by atoms with Gasteiger partial charge in [0.25, 0.3) is 0 Å². The molecule has 0 saturated carbocycles. The van der Waals surface area contributed by atoms with Crippen LogP contribution in [0.1, 0.15) is 16.8 Å². The highest BCUT2D eigenvalue weighted by molar-refractivity contribution is 5.85. The average Bonchev–Trinajstić information content (AvgIpc) is 2.43. The van der Waals surface area contributed by atoms with Crippen molar-refractivity contribution in [2.24, 2.45) is 5.73 Å². The lowest BCUT2D eigenvalue weighted by molar-refractivity contribution is 0.714. The van der Waals surface area contributed by atoms with Gasteiger partial charge in [0.2, 0.25) is 0 Å². The van der Waals surface area contributed by atoms with Gasteiger partial charge in [0.1, 0.15) is 0 Å². The van der Waals surface area contributed by atoms with Gasteiger partial charge in [0.15, 0.2) is 0 Å². The van der Waals surface area contributed by atoms with Gasteiger partial charge >= 0.3 is 0 Å². The van der Waals surface area contributed by atoms with E-state index in [1.165, 1.54) is 27.7 Å². The first-order valence-electron chi connectivity index (χ1n) is 5.40. The number of benzene rings is 1. The van der Waals surface area contributed by atoms with Crippen LogP contribution in [0.25, 0.3) is 10.9 Å². The van der Waals surface area contributed by atoms with Crippen molar-refractivity contribution in [3.05, 3.63) is 35.0 Å². The zero-order valence-electron chi connectivity index (χ0n) is 9.67. The lowest BCUT2D eigenvalue weighted by Crippen LogP contribution is -2.11. The minimum atomic E-state index is 0.692. The molecule has 15 heavy (non-hydrogen) atoms. The Hall–Kier alpha value is -1.28. The molecule has 80 valence electrons. The van der Waals surface area contributed by atoms with Gasteiger partial charge in [-0.3, -0.25) is 0 Å². The van der Waals surface area contributed by atoms with Crippen LogP contribution in [-0.2, 0) is 6.54 Å². The van der Waals surface area contributed by atoms with Gasteiger partial charge in [0.05, 0.1) is 5.52 Å². The van der Waals surface area contributed by atoms with Crippen LogP contribution in [-0.4, -0.2) is 11.1 Å². The molecule has 0 atom stereocenters. The zero-order valence-corrected chi connectivity index (χ0v) is 9.67. The third-order valence-corrected chi connectivity index (χ3v) is 2.89. The maximum absolute atomic E-state index is 5.64. The first kappa shape index (κ1) is 10.2. The lowest BCUT2D eigenvalue weighted by atomic mass is 10.1. The van der Waals surface area contributed by atoms with Gasteiger partial charge in [-0.15, -0.1) is 0 Å². The number of fused-ring (bicyclic) bond motifs is 1. The van der Waals surface area contributed by atoms with Crippen LogP contribution in [0.2, 0.25) is 0 Å². The molecule has 1 aromatic heterocycles. The van der Waals surface area contributed by atoms with E-state index in [1.807, 2.05) is 0 Å². The molecule has 2 heteroatoms. The molecule has 0 bridgehead atoms. The number of hydrogen-bond acceptors (Lipinski definition) is 1. The van der Waals surface area contributed by atoms with Crippen molar-refractivity contribution in [3.63, 3.8) is 0 Å². The van der Waals surface area contributed by atoms with Crippen molar-refractivity contribution in [2.45, 2.75) is 27.3 Å². The highest BCUT2D eigenvalue weighted by Gasteiger charge is 2.07. The van der Waals surface area contributed by atoms with E-state index in [1.54, 1.807) is 0 Å². The molecule has 0 unspecified atom stereocenters. The van der Waals surface area contributed by atoms with Crippen LogP contribution >= 0.6 is 0 Å². The summed E-state index contributed by atoms with van der Waals surface area (Å²) < 4.78 is 2.31. The van der Waals surface area contributed by atoms with Crippen molar-refractivity contribution in [2.75, 3.05) is 6.54 Å². The smallest absolute Gasteiger partial charge is 0.0512 e. The highest BCUT2D eigenvalue weighted by atomic mass is 15.0. The van der Waals surface area contributed by atoms with Gasteiger partial charge < -0.3 is 10.3 Å². The van der Waals surface area contributed by atoms with E-state index in [9.17, 15) is 0 Å². The molecule has 1 aromatic carbocycles. The fraction of sp³-hybridized carbons (Fsp3) is 0.385. The molecule has 0 aliphatic heterocycles. The Kier molecular flexibility index (Phi) is 2.53. The Bertz CT molecular complexity index is 495. The monoisotopic (exact) mass is 202 g/mol. The molecule has 2 aromatic rings. The van der Waals surface area contributed by atoms with Crippen molar-refractivity contribution in [3.8, 4) is 0 Å². The molecule has 0 fully saturated rings. The Labute approximate surface area is 90.7 Å². The molecule has 2 N–H and O–H groups in total. The van der Waals surface area contributed by atoms with Gasteiger partial charge in [-0.05, 0) is 38.5 Å². The van der Waals surface area contributed by atoms with Crippen molar-refractivity contribution >= 4 is 10.9 Å². The van der Waals surface area contributed by atoms with Gasteiger partial charge in [-0.1, -0.05) is 11.6 Å². The Balaban J connectivity index is 2.75. The maximum atomic E-state index is 5.64. The summed E-state index contributed by atoms with van der Waals surface area (Å²) in [6, 6.07) is 6.71. The minimum Gasteiger partial charge on any atom is -0.343 e. The Morgan fingerprint density at radius 1 is 1.13 bits per heavy atom. The summed E-state index contributed by atoms with van der Waals surface area (Å²) in [7, 11) is 0. The van der Waals surface area contributed by atoms with Crippen LogP contribution in [0, 0.1) is 20.8 Å². The SMILES string of the molecule is Cc1cc(C)c2c(c1)cc(C)n2CCN. The minimum absolute atomic E-state index is 0.692. The van der Waals surface area contributed by atoms with E-state index in [0.29, 0.717) is 6.54 Å². The molecule has 0 aliphatic rings. The second-order valence-electron chi connectivity index (χ2n) is 4.25. The second-order valence-corrected chi connectivity index (χ2v) is 4.25. The van der Waals surface area contributed by atoms with E-state index in [-0.39, 0.29) is 0 Å². The first-order chi connectivity index (χ1) is 7.13. The number of rotatable bonds is 2. The molecule has 0 radical (unpaired) electrons. The Morgan fingerprint density at radius 2 is 1.87 bits per heavy atom. The lowest BCUT2D eigenvalue weighted by Gasteiger charge is -2.08. The van der Waals surface area contributed by atoms with Crippen molar-refractivity contribution in [1.82, 2.24) is 4.57 Å². The highest BCUT2D eigenvalue weighted by Crippen LogP contribution is 2.24. The van der Waals surface area contributed by atoms with Gasteiger partial charge in [-0.2, -0.15) is 0 Å². The average molecular weight is 202 g/mol. The second kappa shape index (κ2) is 3.70. The molecular weight excluding hydrogens is 184 g/mol. The maximum Gasteiger partial charge on any atom is 0.0512 e. The number of nitrogens with two attached hydrogens (primary N) is 1. The van der Waals surface area contributed by atoms with Crippen LogP contribution in [0.4, 0.5) is 0 Å². The van der Waals surface area contributed by atoms with E-state index < -0.39 is 0 Å². The van der Waals surface area contributed by atoms with Gasteiger partial charge in [0, 0.05) is 24.2 Å². The predicted octanol–water partition coefficient (Wildman–Crippen LogP) is 2.53. The molecular formula is C13H18N2. The largest absolute Gasteiger partial charge is 0.343 e. The molecule has 1 heterocycles. The predicted molar refractivity (Wildman–Crippen MR) is 65.2 cm³/mol. The van der Waals surface area contributed by atoms with Crippen LogP contribution in [0.3, 0.4) is 0 Å².